The minimum absolute atomic E-state index is 0.0655. The number of esters is 3. The summed E-state index contributed by atoms with van der Waals surface area (Å²) in [7, 11) is 3.83. The lowest BCUT2D eigenvalue weighted by Gasteiger charge is -2.29. The van der Waals surface area contributed by atoms with E-state index in [1.165, 1.54) is 21.3 Å². The Kier molecular flexibility index (Phi) is 16.9. The first-order valence-corrected chi connectivity index (χ1v) is 9.25. The van der Waals surface area contributed by atoms with Crippen molar-refractivity contribution < 1.29 is 52.3 Å². The van der Waals surface area contributed by atoms with Crippen LogP contribution in [0.1, 0.15) is 6.42 Å². The fourth-order valence-corrected chi connectivity index (χ4v) is 1.87. The molecule has 0 aliphatic rings. The minimum atomic E-state index is -0.999. The first kappa shape index (κ1) is 28.2. The van der Waals surface area contributed by atoms with E-state index in [0.29, 0.717) is 0 Å². The second-order valence-electron chi connectivity index (χ2n) is 6.10. The van der Waals surface area contributed by atoms with E-state index >= 15 is 0 Å². The van der Waals surface area contributed by atoms with E-state index in [-0.39, 0.29) is 72.5 Å². The zero-order chi connectivity index (χ0) is 22.7. The predicted octanol–water partition coefficient (Wildman–Crippen LogP) is -1.32. The Morgan fingerprint density at radius 1 is 0.600 bits per heavy atom. The van der Waals surface area contributed by atoms with Crippen LogP contribution in [0.3, 0.4) is 0 Å². The topological polar surface area (TPSA) is 151 Å². The molecule has 0 saturated heterocycles. The summed E-state index contributed by atoms with van der Waals surface area (Å²) >= 11 is 0. The van der Waals surface area contributed by atoms with Gasteiger partial charge in [0.2, 0.25) is 0 Å². The highest BCUT2D eigenvalue weighted by Gasteiger charge is 2.27. The number of ether oxygens (including phenoxy) is 8. The molecule has 12 heteroatoms. The van der Waals surface area contributed by atoms with E-state index < -0.39 is 23.4 Å². The van der Waals surface area contributed by atoms with Crippen molar-refractivity contribution in [2.75, 3.05) is 87.4 Å². The second-order valence-corrected chi connectivity index (χ2v) is 6.10. The molecule has 0 aromatic heterocycles. The van der Waals surface area contributed by atoms with Crippen LogP contribution in [0.4, 0.5) is 0 Å². The summed E-state index contributed by atoms with van der Waals surface area (Å²) in [5.74, 6) is -1.36. The Bertz CT molecular complexity index is 459. The van der Waals surface area contributed by atoms with Crippen molar-refractivity contribution in [2.45, 2.75) is 12.0 Å². The van der Waals surface area contributed by atoms with E-state index in [4.69, 9.17) is 29.4 Å². The van der Waals surface area contributed by atoms with Gasteiger partial charge in [0.25, 0.3) is 0 Å². The quantitative estimate of drug-likeness (QED) is 0.144. The van der Waals surface area contributed by atoms with Crippen LogP contribution in [0.2, 0.25) is 0 Å². The molecule has 30 heavy (non-hydrogen) atoms. The molecule has 0 bridgehead atoms. The van der Waals surface area contributed by atoms with Gasteiger partial charge in [0, 0.05) is 0 Å². The monoisotopic (exact) mass is 439 g/mol. The van der Waals surface area contributed by atoms with Gasteiger partial charge in [-0.15, -0.1) is 0 Å². The van der Waals surface area contributed by atoms with Gasteiger partial charge in [0.05, 0.1) is 86.1 Å². The molecule has 0 fully saturated rings. The fourth-order valence-electron chi connectivity index (χ4n) is 1.87. The van der Waals surface area contributed by atoms with Gasteiger partial charge in [-0.3, -0.25) is 4.79 Å². The van der Waals surface area contributed by atoms with Gasteiger partial charge in [0.15, 0.2) is 0 Å². The summed E-state index contributed by atoms with van der Waals surface area (Å²) in [6, 6.07) is 0. The molecule has 0 radical (unpaired) electrons. The van der Waals surface area contributed by atoms with Crippen LogP contribution in [0.25, 0.3) is 0 Å². The maximum Gasteiger partial charge on any atom is 0.331 e. The highest BCUT2D eigenvalue weighted by molar-refractivity contribution is 5.70. The van der Waals surface area contributed by atoms with Crippen LogP contribution in [0.15, 0.2) is 0 Å². The van der Waals surface area contributed by atoms with Gasteiger partial charge < -0.3 is 43.6 Å². The van der Waals surface area contributed by atoms with Gasteiger partial charge in [-0.25, -0.2) is 9.59 Å². The van der Waals surface area contributed by atoms with Gasteiger partial charge in [-0.05, 0) is 0 Å². The molecule has 0 aliphatic heterocycles. The van der Waals surface area contributed by atoms with E-state index in [2.05, 4.69) is 14.2 Å². The van der Waals surface area contributed by atoms with Crippen molar-refractivity contribution in [3.8, 4) is 0 Å². The van der Waals surface area contributed by atoms with Crippen molar-refractivity contribution in [3.05, 3.63) is 0 Å². The molecule has 0 amide bonds. The normalized spacial score (nSPS) is 11.2. The average molecular weight is 439 g/mol. The summed E-state index contributed by atoms with van der Waals surface area (Å²) < 4.78 is 40.1. The third kappa shape index (κ3) is 16.0. The van der Waals surface area contributed by atoms with Crippen LogP contribution in [-0.4, -0.2) is 111 Å². The molecule has 2 N–H and O–H groups in total. The Balaban J connectivity index is 4.23. The average Bonchev–Trinajstić information content (AvgIpc) is 2.75. The predicted molar refractivity (Wildman–Crippen MR) is 102 cm³/mol. The molecule has 0 unspecified atom stereocenters. The Hall–Kier alpha value is -1.83. The van der Waals surface area contributed by atoms with E-state index in [0.717, 1.165) is 0 Å². The lowest BCUT2D eigenvalue weighted by molar-refractivity contribution is -0.147. The number of rotatable bonds is 19. The molecule has 0 atom stereocenters. The number of hydrogen-bond acceptors (Lipinski definition) is 12. The first-order valence-electron chi connectivity index (χ1n) is 9.25. The van der Waals surface area contributed by atoms with Crippen LogP contribution in [-0.2, 0) is 52.3 Å². The zero-order valence-corrected chi connectivity index (χ0v) is 17.8. The molecular formula is C18H33NO11. The third-order valence-electron chi connectivity index (χ3n) is 3.49. The van der Waals surface area contributed by atoms with Gasteiger partial charge >= 0.3 is 17.9 Å². The smallest absolute Gasteiger partial charge is 0.331 e. The lowest BCUT2D eigenvalue weighted by Crippen LogP contribution is -2.53. The Morgan fingerprint density at radius 2 is 0.967 bits per heavy atom. The number of hydrogen-bond donors (Lipinski definition) is 1. The van der Waals surface area contributed by atoms with Crippen LogP contribution in [0.5, 0.6) is 0 Å². The highest BCUT2D eigenvalue weighted by Crippen LogP contribution is 2.05. The van der Waals surface area contributed by atoms with Crippen molar-refractivity contribution in [2.24, 2.45) is 5.73 Å². The third-order valence-corrected chi connectivity index (χ3v) is 3.49. The lowest BCUT2D eigenvalue weighted by atomic mass is 10.1. The van der Waals surface area contributed by atoms with Crippen molar-refractivity contribution in [3.63, 3.8) is 0 Å². The molecule has 0 rings (SSSR count). The van der Waals surface area contributed by atoms with E-state index in [9.17, 15) is 14.4 Å². The van der Waals surface area contributed by atoms with Crippen LogP contribution < -0.4 is 5.73 Å². The summed E-state index contributed by atoms with van der Waals surface area (Å²) in [6.45, 7) is 0.767. The Labute approximate surface area is 176 Å². The molecule has 12 nitrogen and oxygen atoms in total. The maximum absolute atomic E-state index is 11.1. The molecule has 0 aliphatic carbocycles. The molecule has 176 valence electrons. The molecule has 0 aromatic rings. The Morgan fingerprint density at radius 3 is 1.37 bits per heavy atom. The summed E-state index contributed by atoms with van der Waals surface area (Å²) in [5.41, 5.74) is 5.30. The van der Waals surface area contributed by atoms with Crippen molar-refractivity contribution in [1.82, 2.24) is 0 Å². The highest BCUT2D eigenvalue weighted by atomic mass is 16.6. The van der Waals surface area contributed by atoms with Gasteiger partial charge in [-0.2, -0.15) is 0 Å². The number of carbonyl (C=O) groups is 3. The SMILES string of the molecule is COC(=O)CCOCC(N)(COCCOCC(=O)OC)COCCOCC(=O)OC. The van der Waals surface area contributed by atoms with E-state index in [1.54, 1.807) is 0 Å². The van der Waals surface area contributed by atoms with Crippen molar-refractivity contribution >= 4 is 17.9 Å². The molecule has 0 saturated carbocycles. The largest absolute Gasteiger partial charge is 0.469 e. The van der Waals surface area contributed by atoms with Crippen LogP contribution in [0, 0.1) is 0 Å². The van der Waals surface area contributed by atoms with Crippen LogP contribution >= 0.6 is 0 Å². The molecule has 0 heterocycles. The van der Waals surface area contributed by atoms with Crippen molar-refractivity contribution in [1.29, 1.82) is 0 Å². The number of carbonyl (C=O) groups excluding carboxylic acids is 3. The van der Waals surface area contributed by atoms with Gasteiger partial charge in [-0.1, -0.05) is 0 Å². The minimum Gasteiger partial charge on any atom is -0.469 e. The maximum atomic E-state index is 11.1. The summed E-state index contributed by atoms with van der Waals surface area (Å²) in [5, 5.41) is 0. The van der Waals surface area contributed by atoms with E-state index in [1.807, 2.05) is 0 Å². The number of methoxy groups -OCH3 is 3. The molecular weight excluding hydrogens is 406 g/mol. The fraction of sp³-hybridized carbons (Fsp3) is 0.833. The molecule has 0 spiro atoms. The molecule has 0 aromatic carbocycles. The number of nitrogens with two attached hydrogens (primary N) is 1. The summed E-state index contributed by atoms with van der Waals surface area (Å²) in [4.78, 5) is 33.1. The first-order chi connectivity index (χ1) is 14.4. The summed E-state index contributed by atoms with van der Waals surface area (Å²) in [6.07, 6.45) is 0.0943. The standard InChI is InChI=1S/C18H33NO11/c1-23-15(20)4-5-28-12-18(19,13-29-8-6-26-10-16(21)24-2)14-30-9-7-27-11-17(22)25-3/h4-14,19H2,1-3H3. The second kappa shape index (κ2) is 18.0. The van der Waals surface area contributed by atoms with Gasteiger partial charge in [0.1, 0.15) is 13.2 Å². The zero-order valence-electron chi connectivity index (χ0n) is 17.8.